The van der Waals surface area contributed by atoms with E-state index < -0.39 is 9.84 Å². The SMILES string of the molecule is CC1CC(=O)Nc2cc(S(=O)(=O)CCC(=O)N3CCc4ccccc43)ccc2S1. The van der Waals surface area contributed by atoms with Crippen molar-refractivity contribution in [1.29, 1.82) is 0 Å². The second kappa shape index (κ2) is 7.84. The third kappa shape index (κ3) is 4.18. The number of anilines is 2. The summed E-state index contributed by atoms with van der Waals surface area (Å²) in [6.07, 6.45) is 1.09. The van der Waals surface area contributed by atoms with E-state index in [1.807, 2.05) is 31.2 Å². The van der Waals surface area contributed by atoms with Crippen molar-refractivity contribution in [3.8, 4) is 0 Å². The molecule has 0 fully saturated rings. The van der Waals surface area contributed by atoms with E-state index in [4.69, 9.17) is 0 Å². The highest BCUT2D eigenvalue weighted by Crippen LogP contribution is 2.36. The predicted octanol–water partition coefficient (Wildman–Crippen LogP) is 3.26. The lowest BCUT2D eigenvalue weighted by Gasteiger charge is -2.17. The summed E-state index contributed by atoms with van der Waals surface area (Å²) in [5.74, 6) is -0.576. The highest BCUT2D eigenvalue weighted by Gasteiger charge is 2.27. The monoisotopic (exact) mass is 430 g/mol. The molecule has 152 valence electrons. The number of para-hydroxylation sites is 1. The van der Waals surface area contributed by atoms with Crippen LogP contribution in [0.1, 0.15) is 25.3 Å². The molecule has 2 aromatic carbocycles. The zero-order chi connectivity index (χ0) is 20.6. The Labute approximate surface area is 174 Å². The fourth-order valence-electron chi connectivity index (χ4n) is 3.70. The average molecular weight is 431 g/mol. The molecule has 2 aliphatic rings. The molecular weight excluding hydrogens is 408 g/mol. The molecular formula is C21H22N2O4S2. The number of sulfone groups is 1. The molecule has 2 aliphatic heterocycles. The molecule has 1 N–H and O–H groups in total. The number of thioether (sulfide) groups is 1. The summed E-state index contributed by atoms with van der Waals surface area (Å²) < 4.78 is 25.6. The van der Waals surface area contributed by atoms with Gasteiger partial charge in [-0.15, -0.1) is 11.8 Å². The highest BCUT2D eigenvalue weighted by atomic mass is 32.2. The van der Waals surface area contributed by atoms with Crippen LogP contribution in [0.15, 0.2) is 52.3 Å². The molecule has 2 aromatic rings. The first-order valence-corrected chi connectivity index (χ1v) is 12.1. The van der Waals surface area contributed by atoms with E-state index in [1.165, 1.54) is 6.07 Å². The van der Waals surface area contributed by atoms with Crippen molar-refractivity contribution in [1.82, 2.24) is 0 Å². The standard InChI is InChI=1S/C21H22N2O4S2/c1-14-12-20(24)22-17-13-16(6-7-19(17)28-14)29(26,27)11-9-21(25)23-10-8-15-4-2-3-5-18(15)23/h2-7,13-14H,8-12H2,1H3,(H,22,24). The fourth-order valence-corrected chi connectivity index (χ4v) is 6.00. The molecule has 0 saturated carbocycles. The average Bonchev–Trinajstić information content (AvgIpc) is 3.05. The van der Waals surface area contributed by atoms with Gasteiger partial charge in [-0.25, -0.2) is 8.42 Å². The predicted molar refractivity (Wildman–Crippen MR) is 114 cm³/mol. The van der Waals surface area contributed by atoms with Gasteiger partial charge in [-0.2, -0.15) is 0 Å². The van der Waals surface area contributed by atoms with Crippen LogP contribution in [0.5, 0.6) is 0 Å². The second-order valence-corrected chi connectivity index (χ2v) is 10.9. The molecule has 29 heavy (non-hydrogen) atoms. The molecule has 0 bridgehead atoms. The molecule has 4 rings (SSSR count). The lowest BCUT2D eigenvalue weighted by atomic mass is 10.2. The number of carbonyl (C=O) groups excluding carboxylic acids is 2. The Morgan fingerprint density at radius 1 is 1.24 bits per heavy atom. The third-order valence-electron chi connectivity index (χ3n) is 5.16. The number of amides is 2. The van der Waals surface area contributed by atoms with Gasteiger partial charge in [0.1, 0.15) is 0 Å². The van der Waals surface area contributed by atoms with Crippen LogP contribution >= 0.6 is 11.8 Å². The Balaban J connectivity index is 1.48. The van der Waals surface area contributed by atoms with E-state index in [1.54, 1.807) is 28.8 Å². The first-order chi connectivity index (χ1) is 13.8. The normalized spacial score (nSPS) is 18.6. The van der Waals surface area contributed by atoms with Crippen molar-refractivity contribution in [2.24, 2.45) is 0 Å². The molecule has 0 aliphatic carbocycles. The molecule has 2 heterocycles. The summed E-state index contributed by atoms with van der Waals surface area (Å²) in [7, 11) is -3.65. The van der Waals surface area contributed by atoms with Crippen LogP contribution in [0.25, 0.3) is 0 Å². The van der Waals surface area contributed by atoms with Crippen molar-refractivity contribution < 1.29 is 18.0 Å². The topological polar surface area (TPSA) is 83.5 Å². The van der Waals surface area contributed by atoms with Gasteiger partial charge in [0, 0.05) is 35.2 Å². The van der Waals surface area contributed by atoms with Crippen LogP contribution in [0.2, 0.25) is 0 Å². The number of rotatable bonds is 4. The van der Waals surface area contributed by atoms with Crippen molar-refractivity contribution in [2.45, 2.75) is 41.2 Å². The highest BCUT2D eigenvalue weighted by molar-refractivity contribution is 8.00. The van der Waals surface area contributed by atoms with Crippen LogP contribution in [0.4, 0.5) is 11.4 Å². The molecule has 6 nitrogen and oxygen atoms in total. The van der Waals surface area contributed by atoms with Crippen LogP contribution < -0.4 is 10.2 Å². The molecule has 0 spiro atoms. The van der Waals surface area contributed by atoms with Crippen molar-refractivity contribution in [3.05, 3.63) is 48.0 Å². The van der Waals surface area contributed by atoms with Crippen molar-refractivity contribution in [3.63, 3.8) is 0 Å². The van der Waals surface area contributed by atoms with Gasteiger partial charge in [-0.05, 0) is 36.2 Å². The summed E-state index contributed by atoms with van der Waals surface area (Å²) in [6, 6.07) is 12.5. The number of benzene rings is 2. The lowest BCUT2D eigenvalue weighted by molar-refractivity contribution is -0.118. The van der Waals surface area contributed by atoms with Gasteiger partial charge in [0.25, 0.3) is 0 Å². The minimum Gasteiger partial charge on any atom is -0.325 e. The quantitative estimate of drug-likeness (QED) is 0.805. The minimum absolute atomic E-state index is 0.0775. The Hall–Kier alpha value is -2.32. The number of carbonyl (C=O) groups is 2. The summed E-state index contributed by atoms with van der Waals surface area (Å²) in [4.78, 5) is 27.2. The van der Waals surface area contributed by atoms with E-state index in [0.29, 0.717) is 18.7 Å². The second-order valence-electron chi connectivity index (χ2n) is 7.33. The minimum atomic E-state index is -3.65. The first-order valence-electron chi connectivity index (χ1n) is 9.55. The third-order valence-corrected chi connectivity index (χ3v) is 8.05. The van der Waals surface area contributed by atoms with Gasteiger partial charge < -0.3 is 10.2 Å². The first kappa shape index (κ1) is 20.0. The maximum absolute atomic E-state index is 12.8. The van der Waals surface area contributed by atoms with Gasteiger partial charge in [-0.3, -0.25) is 9.59 Å². The zero-order valence-electron chi connectivity index (χ0n) is 16.1. The van der Waals surface area contributed by atoms with Crippen LogP contribution in [0, 0.1) is 0 Å². The Morgan fingerprint density at radius 3 is 2.86 bits per heavy atom. The van der Waals surface area contributed by atoms with Gasteiger partial charge in [0.05, 0.1) is 16.3 Å². The fraction of sp³-hybridized carbons (Fsp3) is 0.333. The largest absolute Gasteiger partial charge is 0.325 e. The van der Waals surface area contributed by atoms with Crippen LogP contribution in [0.3, 0.4) is 0 Å². The summed E-state index contributed by atoms with van der Waals surface area (Å²) in [5, 5.41) is 2.91. The zero-order valence-corrected chi connectivity index (χ0v) is 17.7. The summed E-state index contributed by atoms with van der Waals surface area (Å²) in [5.41, 5.74) is 2.50. The van der Waals surface area contributed by atoms with Gasteiger partial charge in [0.15, 0.2) is 9.84 Å². The molecule has 8 heteroatoms. The van der Waals surface area contributed by atoms with Gasteiger partial charge in [-0.1, -0.05) is 25.1 Å². The molecule has 1 unspecified atom stereocenters. The van der Waals surface area contributed by atoms with E-state index in [0.717, 1.165) is 22.6 Å². The molecule has 2 amide bonds. The summed E-state index contributed by atoms with van der Waals surface area (Å²) in [6.45, 7) is 2.55. The number of hydrogen-bond donors (Lipinski definition) is 1. The van der Waals surface area contributed by atoms with Crippen molar-refractivity contribution in [2.75, 3.05) is 22.5 Å². The van der Waals surface area contributed by atoms with Crippen LogP contribution in [-0.4, -0.2) is 37.8 Å². The van der Waals surface area contributed by atoms with E-state index in [-0.39, 0.29) is 34.1 Å². The Bertz CT molecular complexity index is 1080. The van der Waals surface area contributed by atoms with E-state index in [9.17, 15) is 18.0 Å². The number of nitrogens with zero attached hydrogens (tertiary/aromatic N) is 1. The van der Waals surface area contributed by atoms with Crippen LogP contribution in [-0.2, 0) is 25.8 Å². The van der Waals surface area contributed by atoms with E-state index in [2.05, 4.69) is 5.32 Å². The lowest BCUT2D eigenvalue weighted by Crippen LogP contribution is -2.30. The maximum atomic E-state index is 12.8. The van der Waals surface area contributed by atoms with Gasteiger partial charge >= 0.3 is 0 Å². The summed E-state index contributed by atoms with van der Waals surface area (Å²) >= 11 is 1.55. The smallest absolute Gasteiger partial charge is 0.228 e. The van der Waals surface area contributed by atoms with Gasteiger partial charge in [0.2, 0.25) is 11.8 Å². The number of fused-ring (bicyclic) bond motifs is 2. The molecule has 0 aromatic heterocycles. The Morgan fingerprint density at radius 2 is 2.03 bits per heavy atom. The molecule has 0 saturated heterocycles. The van der Waals surface area contributed by atoms with Crippen molar-refractivity contribution >= 4 is 44.8 Å². The molecule has 1 atom stereocenters. The van der Waals surface area contributed by atoms with E-state index >= 15 is 0 Å². The molecule has 0 radical (unpaired) electrons. The number of nitrogens with one attached hydrogen (secondary N) is 1. The number of hydrogen-bond acceptors (Lipinski definition) is 5. The maximum Gasteiger partial charge on any atom is 0.228 e. The Kier molecular flexibility index (Phi) is 5.40.